The van der Waals surface area contributed by atoms with Gasteiger partial charge in [0.15, 0.2) is 0 Å². The number of nitrogens with one attached hydrogen (secondary N) is 1. The van der Waals surface area contributed by atoms with Crippen LogP contribution in [0.2, 0.25) is 5.02 Å². The van der Waals surface area contributed by atoms with Crippen LogP contribution in [0, 0.1) is 0 Å². The van der Waals surface area contributed by atoms with Crippen LogP contribution in [-0.4, -0.2) is 23.6 Å². The molecule has 0 saturated carbocycles. The average molecular weight is 335 g/mol. The van der Waals surface area contributed by atoms with Crippen molar-refractivity contribution in [1.29, 1.82) is 0 Å². The van der Waals surface area contributed by atoms with Gasteiger partial charge in [-0.2, -0.15) is 0 Å². The molecule has 0 unspecified atom stereocenters. The molecule has 0 saturated heterocycles. The molecule has 0 fully saturated rings. The Morgan fingerprint density at radius 1 is 1.26 bits per heavy atom. The molecule has 120 valence electrons. The minimum Gasteiger partial charge on any atom is -0.465 e. The van der Waals surface area contributed by atoms with Crippen LogP contribution in [0.3, 0.4) is 0 Å². The van der Waals surface area contributed by atoms with Gasteiger partial charge in [-0.1, -0.05) is 17.7 Å². The summed E-state index contributed by atoms with van der Waals surface area (Å²) in [5.74, 6) is -0.921. The van der Waals surface area contributed by atoms with E-state index in [9.17, 15) is 14.4 Å². The number of carbonyl (C=O) groups excluding carboxylic acids is 2. The van der Waals surface area contributed by atoms with Crippen LogP contribution in [0.15, 0.2) is 47.4 Å². The summed E-state index contributed by atoms with van der Waals surface area (Å²) in [5, 5.41) is 2.99. The third-order valence-corrected chi connectivity index (χ3v) is 3.37. The number of aryl methyl sites for hydroxylation is 1. The highest BCUT2D eigenvalue weighted by molar-refractivity contribution is 6.31. The Balaban J connectivity index is 2.07. The molecule has 1 aromatic carbocycles. The maximum atomic E-state index is 12.0. The lowest BCUT2D eigenvalue weighted by atomic mass is 10.1. The van der Waals surface area contributed by atoms with E-state index in [1.54, 1.807) is 24.4 Å². The van der Waals surface area contributed by atoms with E-state index in [4.69, 9.17) is 11.6 Å². The minimum atomic E-state index is -0.595. The zero-order valence-electron chi connectivity index (χ0n) is 12.4. The third-order valence-electron chi connectivity index (χ3n) is 3.14. The van der Waals surface area contributed by atoms with Gasteiger partial charge < -0.3 is 14.6 Å². The minimum absolute atomic E-state index is 0.0904. The van der Waals surface area contributed by atoms with Crippen LogP contribution in [0.5, 0.6) is 0 Å². The number of halogens is 1. The first kappa shape index (κ1) is 16.8. The van der Waals surface area contributed by atoms with E-state index in [2.05, 4.69) is 10.1 Å². The second-order valence-corrected chi connectivity index (χ2v) is 5.15. The van der Waals surface area contributed by atoms with Crippen LogP contribution < -0.4 is 10.9 Å². The molecule has 23 heavy (non-hydrogen) atoms. The Kier molecular flexibility index (Phi) is 5.54. The lowest BCUT2D eigenvalue weighted by Gasteiger charge is -2.10. The Labute approximate surface area is 137 Å². The molecule has 0 radical (unpaired) electrons. The number of pyridine rings is 1. The number of hydrogen-bond donors (Lipinski definition) is 1. The fourth-order valence-corrected chi connectivity index (χ4v) is 2.16. The van der Waals surface area contributed by atoms with Gasteiger partial charge in [-0.25, -0.2) is 4.79 Å². The van der Waals surface area contributed by atoms with Crippen molar-refractivity contribution in [2.24, 2.45) is 0 Å². The number of ether oxygens (including phenoxy) is 1. The van der Waals surface area contributed by atoms with Crippen molar-refractivity contribution in [2.75, 3.05) is 12.4 Å². The van der Waals surface area contributed by atoms with Crippen molar-refractivity contribution < 1.29 is 14.3 Å². The van der Waals surface area contributed by atoms with E-state index >= 15 is 0 Å². The third kappa shape index (κ3) is 4.43. The molecule has 1 amide bonds. The lowest BCUT2D eigenvalue weighted by Crippen LogP contribution is -2.22. The smallest absolute Gasteiger partial charge is 0.340 e. The normalized spacial score (nSPS) is 10.2. The number of amides is 1. The maximum Gasteiger partial charge on any atom is 0.340 e. The highest BCUT2D eigenvalue weighted by Crippen LogP contribution is 2.21. The van der Waals surface area contributed by atoms with Crippen molar-refractivity contribution >= 4 is 29.2 Å². The van der Waals surface area contributed by atoms with Crippen LogP contribution in [-0.2, 0) is 16.1 Å². The van der Waals surface area contributed by atoms with E-state index in [0.29, 0.717) is 10.7 Å². The predicted molar refractivity (Wildman–Crippen MR) is 86.7 cm³/mol. The van der Waals surface area contributed by atoms with Crippen molar-refractivity contribution in [2.45, 2.75) is 13.0 Å². The molecule has 0 atom stereocenters. The predicted octanol–water partition coefficient (Wildman–Crippen LogP) is 2.32. The summed E-state index contributed by atoms with van der Waals surface area (Å²) in [4.78, 5) is 35.3. The molecule has 0 aliphatic carbocycles. The standard InChI is InChI=1S/C16H15ClN2O4/c1-23-16(22)12-10-11(17)5-6-13(12)18-14(20)7-9-19-8-3-2-4-15(19)21/h2-6,8,10H,7,9H2,1H3,(H,18,20). The molecule has 0 aliphatic rings. The Morgan fingerprint density at radius 2 is 2.04 bits per heavy atom. The monoisotopic (exact) mass is 334 g/mol. The second kappa shape index (κ2) is 7.60. The number of nitrogens with zero attached hydrogens (tertiary/aromatic N) is 1. The summed E-state index contributed by atoms with van der Waals surface area (Å²) in [5.41, 5.74) is 0.305. The van der Waals surface area contributed by atoms with Gasteiger partial charge in [0.05, 0.1) is 18.4 Å². The quantitative estimate of drug-likeness (QED) is 0.851. The fourth-order valence-electron chi connectivity index (χ4n) is 1.98. The highest BCUT2D eigenvalue weighted by Gasteiger charge is 2.14. The molecule has 1 aromatic heterocycles. The molecule has 2 aromatic rings. The Hall–Kier alpha value is -2.60. The summed E-state index contributed by atoms with van der Waals surface area (Å²) in [7, 11) is 1.25. The van der Waals surface area contributed by atoms with E-state index in [-0.39, 0.29) is 30.0 Å². The van der Waals surface area contributed by atoms with Gasteiger partial charge in [-0.3, -0.25) is 9.59 Å². The van der Waals surface area contributed by atoms with Gasteiger partial charge in [0.2, 0.25) is 5.91 Å². The lowest BCUT2D eigenvalue weighted by molar-refractivity contribution is -0.116. The van der Waals surface area contributed by atoms with E-state index in [0.717, 1.165) is 0 Å². The second-order valence-electron chi connectivity index (χ2n) is 4.71. The summed E-state index contributed by atoms with van der Waals surface area (Å²) in [6.07, 6.45) is 1.70. The molecule has 0 aliphatic heterocycles. The van der Waals surface area contributed by atoms with Crippen LogP contribution in [0.1, 0.15) is 16.8 Å². The Bertz CT molecular complexity index is 786. The highest BCUT2D eigenvalue weighted by atomic mass is 35.5. The van der Waals surface area contributed by atoms with Gasteiger partial charge in [-0.15, -0.1) is 0 Å². The maximum absolute atomic E-state index is 12.0. The molecule has 0 spiro atoms. The first-order valence-electron chi connectivity index (χ1n) is 6.84. The van der Waals surface area contributed by atoms with Crippen LogP contribution in [0.4, 0.5) is 5.69 Å². The number of benzene rings is 1. The molecule has 7 heteroatoms. The average Bonchev–Trinajstić information content (AvgIpc) is 2.55. The van der Waals surface area contributed by atoms with Gasteiger partial charge >= 0.3 is 5.97 Å². The van der Waals surface area contributed by atoms with Gasteiger partial charge in [0.1, 0.15) is 0 Å². The topological polar surface area (TPSA) is 77.4 Å². The first-order valence-corrected chi connectivity index (χ1v) is 7.22. The molecule has 2 rings (SSSR count). The first-order chi connectivity index (χ1) is 11.0. The number of methoxy groups -OCH3 is 1. The van der Waals surface area contributed by atoms with Gasteiger partial charge in [-0.05, 0) is 24.3 Å². The van der Waals surface area contributed by atoms with E-state index in [1.807, 2.05) is 0 Å². The van der Waals surface area contributed by atoms with Crippen molar-refractivity contribution in [3.05, 3.63) is 63.5 Å². The van der Waals surface area contributed by atoms with Gasteiger partial charge in [0.25, 0.3) is 5.56 Å². The fraction of sp³-hybridized carbons (Fsp3) is 0.188. The Morgan fingerprint density at radius 3 is 2.74 bits per heavy atom. The number of esters is 1. The molecule has 0 bridgehead atoms. The molecule has 1 N–H and O–H groups in total. The summed E-state index contributed by atoms with van der Waals surface area (Å²) in [6.45, 7) is 0.243. The molecule has 6 nitrogen and oxygen atoms in total. The number of anilines is 1. The van der Waals surface area contributed by atoms with Crippen molar-refractivity contribution in [1.82, 2.24) is 4.57 Å². The van der Waals surface area contributed by atoms with Crippen LogP contribution >= 0.6 is 11.6 Å². The van der Waals surface area contributed by atoms with Crippen LogP contribution in [0.25, 0.3) is 0 Å². The number of carbonyl (C=O) groups is 2. The summed E-state index contributed by atoms with van der Waals surface area (Å²) < 4.78 is 6.10. The van der Waals surface area contributed by atoms with E-state index in [1.165, 1.54) is 29.9 Å². The summed E-state index contributed by atoms with van der Waals surface area (Å²) >= 11 is 5.85. The van der Waals surface area contributed by atoms with Gasteiger partial charge in [0, 0.05) is 30.3 Å². The molecular weight excluding hydrogens is 320 g/mol. The molecular formula is C16H15ClN2O4. The zero-order chi connectivity index (χ0) is 16.8. The zero-order valence-corrected chi connectivity index (χ0v) is 13.2. The van der Waals surface area contributed by atoms with Crippen molar-refractivity contribution in [3.63, 3.8) is 0 Å². The molecule has 1 heterocycles. The SMILES string of the molecule is COC(=O)c1cc(Cl)ccc1NC(=O)CCn1ccccc1=O. The number of hydrogen-bond acceptors (Lipinski definition) is 4. The number of aromatic nitrogens is 1. The van der Waals surface area contributed by atoms with E-state index < -0.39 is 5.97 Å². The largest absolute Gasteiger partial charge is 0.465 e. The number of rotatable bonds is 5. The summed E-state index contributed by atoms with van der Waals surface area (Å²) in [6, 6.07) is 9.28. The van der Waals surface area contributed by atoms with Crippen molar-refractivity contribution in [3.8, 4) is 0 Å².